The minimum absolute atomic E-state index is 0.116. The summed E-state index contributed by atoms with van der Waals surface area (Å²) in [5.74, 6) is 0.116. The summed E-state index contributed by atoms with van der Waals surface area (Å²) in [6, 6.07) is 6.29. The molecule has 0 radical (unpaired) electrons. The van der Waals surface area contributed by atoms with Crippen molar-refractivity contribution in [2.45, 2.75) is 32.1 Å². The third-order valence-electron chi connectivity index (χ3n) is 3.42. The second kappa shape index (κ2) is 7.26. The molecular formula is C15H22N2O2. The molecule has 0 bridgehead atoms. The number of carbonyl (C=O) groups excluding carboxylic acids is 1. The maximum Gasteiger partial charge on any atom is 0.224 e. The lowest BCUT2D eigenvalue weighted by atomic mass is 9.99. The maximum atomic E-state index is 11.3. The highest BCUT2D eigenvalue weighted by Crippen LogP contribution is 2.23. The van der Waals surface area contributed by atoms with Crippen molar-refractivity contribution < 1.29 is 9.90 Å². The van der Waals surface area contributed by atoms with Crippen molar-refractivity contribution >= 4 is 11.6 Å². The highest BCUT2D eigenvalue weighted by molar-refractivity contribution is 5.93. The molecule has 104 valence electrons. The molecule has 0 spiro atoms. The Labute approximate surface area is 114 Å². The molecule has 0 aromatic heterocycles. The number of hydrogen-bond donors (Lipinski definition) is 3. The van der Waals surface area contributed by atoms with Crippen molar-refractivity contribution in [3.05, 3.63) is 29.3 Å². The topological polar surface area (TPSA) is 61.4 Å². The van der Waals surface area contributed by atoms with E-state index in [0.29, 0.717) is 6.42 Å². The fourth-order valence-corrected chi connectivity index (χ4v) is 2.31. The standard InChI is InChI=1S/C15H22N2O2/c18-10-2-1-8-16-9-7-12-3-5-14-13(11-12)4-6-15(19)17-14/h3,5,11,16,18H,1-2,4,6-10H2,(H,17,19). The van der Waals surface area contributed by atoms with Gasteiger partial charge in [0.25, 0.3) is 0 Å². The van der Waals surface area contributed by atoms with E-state index < -0.39 is 0 Å². The van der Waals surface area contributed by atoms with E-state index in [9.17, 15) is 4.79 Å². The van der Waals surface area contributed by atoms with Crippen LogP contribution in [0.2, 0.25) is 0 Å². The van der Waals surface area contributed by atoms with Gasteiger partial charge in [0.1, 0.15) is 0 Å². The molecule has 0 aliphatic carbocycles. The van der Waals surface area contributed by atoms with E-state index in [1.54, 1.807) is 0 Å². The first-order valence-corrected chi connectivity index (χ1v) is 7.03. The lowest BCUT2D eigenvalue weighted by Crippen LogP contribution is -2.20. The van der Waals surface area contributed by atoms with Crippen molar-refractivity contribution in [3.63, 3.8) is 0 Å². The number of aryl methyl sites for hydroxylation is 1. The number of rotatable bonds is 7. The lowest BCUT2D eigenvalue weighted by Gasteiger charge is -2.17. The molecule has 3 N–H and O–H groups in total. The van der Waals surface area contributed by atoms with E-state index >= 15 is 0 Å². The zero-order valence-corrected chi connectivity index (χ0v) is 11.2. The summed E-state index contributed by atoms with van der Waals surface area (Å²) < 4.78 is 0. The Morgan fingerprint density at radius 2 is 2.11 bits per heavy atom. The smallest absolute Gasteiger partial charge is 0.224 e. The number of benzene rings is 1. The molecule has 0 saturated heterocycles. The third kappa shape index (κ3) is 4.33. The predicted octanol–water partition coefficient (Wildman–Crippen LogP) is 1.48. The summed E-state index contributed by atoms with van der Waals surface area (Å²) in [4.78, 5) is 11.3. The number of nitrogens with one attached hydrogen (secondary N) is 2. The van der Waals surface area contributed by atoms with Crippen molar-refractivity contribution in [2.24, 2.45) is 0 Å². The summed E-state index contributed by atoms with van der Waals surface area (Å²) in [6.45, 7) is 2.19. The number of anilines is 1. The van der Waals surface area contributed by atoms with Gasteiger partial charge in [0, 0.05) is 18.7 Å². The van der Waals surface area contributed by atoms with Gasteiger partial charge in [-0.05, 0) is 56.0 Å². The number of fused-ring (bicyclic) bond motifs is 1. The highest BCUT2D eigenvalue weighted by Gasteiger charge is 2.14. The molecule has 2 rings (SSSR count). The number of aliphatic hydroxyl groups excluding tert-OH is 1. The van der Waals surface area contributed by atoms with Gasteiger partial charge in [0.05, 0.1) is 0 Å². The maximum absolute atomic E-state index is 11.3. The van der Waals surface area contributed by atoms with Gasteiger partial charge in [0.2, 0.25) is 5.91 Å². The first-order chi connectivity index (χ1) is 9.29. The van der Waals surface area contributed by atoms with Gasteiger partial charge >= 0.3 is 0 Å². The van der Waals surface area contributed by atoms with Crippen LogP contribution in [-0.4, -0.2) is 30.7 Å². The number of amides is 1. The first-order valence-electron chi connectivity index (χ1n) is 7.03. The minimum atomic E-state index is 0.116. The van der Waals surface area contributed by atoms with E-state index in [1.165, 1.54) is 11.1 Å². The zero-order valence-electron chi connectivity index (χ0n) is 11.2. The average molecular weight is 262 g/mol. The second-order valence-electron chi connectivity index (χ2n) is 4.97. The molecule has 1 aliphatic heterocycles. The molecule has 1 aliphatic rings. The van der Waals surface area contributed by atoms with Gasteiger partial charge < -0.3 is 15.7 Å². The van der Waals surface area contributed by atoms with Crippen LogP contribution in [0.5, 0.6) is 0 Å². The van der Waals surface area contributed by atoms with E-state index in [1.807, 2.05) is 6.07 Å². The van der Waals surface area contributed by atoms with Gasteiger partial charge in [0.15, 0.2) is 0 Å². The molecule has 0 unspecified atom stereocenters. The van der Waals surface area contributed by atoms with Gasteiger partial charge in [-0.1, -0.05) is 12.1 Å². The van der Waals surface area contributed by atoms with Crippen molar-refractivity contribution in [1.29, 1.82) is 0 Å². The van der Waals surface area contributed by atoms with Crippen LogP contribution in [0.25, 0.3) is 0 Å². The molecule has 0 saturated carbocycles. The molecule has 1 aromatic rings. The molecule has 1 aromatic carbocycles. The molecular weight excluding hydrogens is 240 g/mol. The van der Waals surface area contributed by atoms with Crippen LogP contribution in [-0.2, 0) is 17.6 Å². The van der Waals surface area contributed by atoms with E-state index in [2.05, 4.69) is 22.8 Å². The fourth-order valence-electron chi connectivity index (χ4n) is 2.31. The summed E-state index contributed by atoms with van der Waals surface area (Å²) >= 11 is 0. The Balaban J connectivity index is 1.77. The Morgan fingerprint density at radius 3 is 2.95 bits per heavy atom. The summed E-state index contributed by atoms with van der Waals surface area (Å²) in [5.41, 5.74) is 3.53. The lowest BCUT2D eigenvalue weighted by molar-refractivity contribution is -0.116. The summed E-state index contributed by atoms with van der Waals surface area (Å²) in [5, 5.41) is 14.9. The van der Waals surface area contributed by atoms with Crippen molar-refractivity contribution in [3.8, 4) is 0 Å². The molecule has 19 heavy (non-hydrogen) atoms. The molecule has 4 heteroatoms. The first kappa shape index (κ1) is 14.0. The minimum Gasteiger partial charge on any atom is -0.396 e. The molecule has 0 fully saturated rings. The van der Waals surface area contributed by atoms with E-state index in [-0.39, 0.29) is 12.5 Å². The summed E-state index contributed by atoms with van der Waals surface area (Å²) in [7, 11) is 0. The van der Waals surface area contributed by atoms with Gasteiger partial charge in [-0.25, -0.2) is 0 Å². The van der Waals surface area contributed by atoms with Gasteiger partial charge in [-0.3, -0.25) is 4.79 Å². The number of carbonyl (C=O) groups is 1. The fraction of sp³-hybridized carbons (Fsp3) is 0.533. The van der Waals surface area contributed by atoms with Crippen molar-refractivity contribution in [2.75, 3.05) is 25.0 Å². The van der Waals surface area contributed by atoms with Crippen LogP contribution in [0, 0.1) is 0 Å². The number of hydrogen-bond acceptors (Lipinski definition) is 3. The quantitative estimate of drug-likeness (QED) is 0.652. The SMILES string of the molecule is O=C1CCc2cc(CCNCCCCO)ccc2N1. The van der Waals surface area contributed by atoms with Gasteiger partial charge in [-0.2, -0.15) is 0 Å². The largest absolute Gasteiger partial charge is 0.396 e. The molecule has 4 nitrogen and oxygen atoms in total. The highest BCUT2D eigenvalue weighted by atomic mass is 16.2. The van der Waals surface area contributed by atoms with E-state index in [4.69, 9.17) is 5.11 Å². The van der Waals surface area contributed by atoms with Crippen LogP contribution in [0.1, 0.15) is 30.4 Å². The zero-order chi connectivity index (χ0) is 13.5. The summed E-state index contributed by atoms with van der Waals surface area (Å²) in [6.07, 6.45) is 4.33. The van der Waals surface area contributed by atoms with Crippen LogP contribution >= 0.6 is 0 Å². The van der Waals surface area contributed by atoms with E-state index in [0.717, 1.165) is 44.5 Å². The second-order valence-corrected chi connectivity index (χ2v) is 4.97. The Hall–Kier alpha value is -1.39. The van der Waals surface area contributed by atoms with Crippen LogP contribution < -0.4 is 10.6 Å². The molecule has 0 atom stereocenters. The number of aliphatic hydroxyl groups is 1. The normalized spacial score (nSPS) is 14.1. The van der Waals surface area contributed by atoms with Crippen LogP contribution in [0.3, 0.4) is 0 Å². The van der Waals surface area contributed by atoms with Crippen LogP contribution in [0.15, 0.2) is 18.2 Å². The molecule has 1 amide bonds. The average Bonchev–Trinajstić information content (AvgIpc) is 2.43. The molecule has 1 heterocycles. The third-order valence-corrected chi connectivity index (χ3v) is 3.42. The van der Waals surface area contributed by atoms with Crippen molar-refractivity contribution in [1.82, 2.24) is 5.32 Å². The Kier molecular flexibility index (Phi) is 5.36. The Morgan fingerprint density at radius 1 is 1.21 bits per heavy atom. The monoisotopic (exact) mass is 262 g/mol. The van der Waals surface area contributed by atoms with Gasteiger partial charge in [-0.15, -0.1) is 0 Å². The van der Waals surface area contributed by atoms with Crippen LogP contribution in [0.4, 0.5) is 5.69 Å². The predicted molar refractivity (Wildman–Crippen MR) is 76.3 cm³/mol. The Bertz CT molecular complexity index is 432. The number of unbranched alkanes of at least 4 members (excludes halogenated alkanes) is 1.